The number of aromatic nitrogens is 1. The van der Waals surface area contributed by atoms with Crippen molar-refractivity contribution in [1.29, 1.82) is 0 Å². The zero-order valence-corrected chi connectivity index (χ0v) is 17.4. The molecule has 1 aromatic carbocycles. The van der Waals surface area contributed by atoms with Crippen molar-refractivity contribution in [2.24, 2.45) is 5.92 Å². The van der Waals surface area contributed by atoms with Gasteiger partial charge in [0.15, 0.2) is 0 Å². The van der Waals surface area contributed by atoms with Crippen LogP contribution in [0.25, 0.3) is 0 Å². The maximum atomic E-state index is 12.6. The normalized spacial score (nSPS) is 15.4. The lowest BCUT2D eigenvalue weighted by Gasteiger charge is -2.30. The Hall–Kier alpha value is -2.98. The molecule has 1 aliphatic rings. The van der Waals surface area contributed by atoms with E-state index in [1.165, 1.54) is 22.8 Å². The van der Waals surface area contributed by atoms with Crippen molar-refractivity contribution in [2.45, 2.75) is 24.7 Å². The van der Waals surface area contributed by atoms with Gasteiger partial charge < -0.3 is 4.74 Å². The Kier molecular flexibility index (Phi) is 7.01. The molecule has 3 rings (SSSR count). The van der Waals surface area contributed by atoms with Gasteiger partial charge in [0.1, 0.15) is 10.6 Å². The summed E-state index contributed by atoms with van der Waals surface area (Å²) in [6.07, 6.45) is 3.55. The molecule has 2 aromatic rings. The van der Waals surface area contributed by atoms with Crippen molar-refractivity contribution < 1.29 is 22.7 Å². The molecule has 2 heterocycles. The van der Waals surface area contributed by atoms with Crippen molar-refractivity contribution in [3.8, 4) is 5.75 Å². The van der Waals surface area contributed by atoms with Gasteiger partial charge >= 0.3 is 0 Å². The zero-order chi connectivity index (χ0) is 21.6. The summed E-state index contributed by atoms with van der Waals surface area (Å²) in [5.41, 5.74) is 5.21. The summed E-state index contributed by atoms with van der Waals surface area (Å²) in [4.78, 5) is 28.5. The Morgan fingerprint density at radius 3 is 2.43 bits per heavy atom. The minimum Gasteiger partial charge on any atom is -0.494 e. The summed E-state index contributed by atoms with van der Waals surface area (Å²) in [7, 11) is -3.62. The maximum absolute atomic E-state index is 12.6. The maximum Gasteiger partial charge on any atom is 0.269 e. The highest BCUT2D eigenvalue weighted by molar-refractivity contribution is 7.89. The lowest BCUT2D eigenvalue weighted by atomic mass is 9.98. The Morgan fingerprint density at radius 1 is 1.13 bits per heavy atom. The molecule has 160 valence electrons. The number of piperidine rings is 1. The molecule has 9 nitrogen and oxygen atoms in total. The first kappa shape index (κ1) is 21.7. The topological polar surface area (TPSA) is 118 Å². The van der Waals surface area contributed by atoms with Crippen LogP contribution in [0.2, 0.25) is 0 Å². The SMILES string of the molecule is CCOc1ccc(C(=O)NNC(=O)C2CCN(S(=O)(=O)c3cccnc3)CC2)cc1. The fourth-order valence-electron chi connectivity index (χ4n) is 3.17. The second-order valence-corrected chi connectivity index (χ2v) is 8.71. The van der Waals surface area contributed by atoms with Gasteiger partial charge in [-0.15, -0.1) is 0 Å². The number of nitrogens with zero attached hydrogens (tertiary/aromatic N) is 2. The van der Waals surface area contributed by atoms with E-state index in [4.69, 9.17) is 4.74 Å². The Morgan fingerprint density at radius 2 is 1.83 bits per heavy atom. The highest BCUT2D eigenvalue weighted by Gasteiger charge is 2.32. The standard InChI is InChI=1S/C20H24N4O5S/c1-2-29-17-7-5-15(6-8-17)19(25)22-23-20(26)16-9-12-24(13-10-16)30(27,28)18-4-3-11-21-14-18/h3-8,11,14,16H,2,9-10,12-13H2,1H3,(H,22,25)(H,23,26). The lowest BCUT2D eigenvalue weighted by molar-refractivity contribution is -0.126. The van der Waals surface area contributed by atoms with Gasteiger partial charge in [0.25, 0.3) is 5.91 Å². The van der Waals surface area contributed by atoms with Crippen LogP contribution in [0, 0.1) is 5.92 Å². The van der Waals surface area contributed by atoms with Crippen molar-refractivity contribution in [2.75, 3.05) is 19.7 Å². The molecule has 1 aromatic heterocycles. The van der Waals surface area contributed by atoms with Crippen LogP contribution in [0.15, 0.2) is 53.7 Å². The molecule has 0 atom stereocenters. The molecule has 10 heteroatoms. The minimum atomic E-state index is -3.62. The van der Waals surface area contributed by atoms with Crippen LogP contribution in [0.1, 0.15) is 30.1 Å². The first-order chi connectivity index (χ1) is 14.4. The van der Waals surface area contributed by atoms with Crippen LogP contribution in [0.4, 0.5) is 0 Å². The number of pyridine rings is 1. The summed E-state index contributed by atoms with van der Waals surface area (Å²) in [5.74, 6) is -0.507. The lowest BCUT2D eigenvalue weighted by Crippen LogP contribution is -2.48. The van der Waals surface area contributed by atoms with Crippen LogP contribution < -0.4 is 15.6 Å². The number of ether oxygens (including phenoxy) is 1. The quantitative estimate of drug-likeness (QED) is 0.665. The van der Waals surface area contributed by atoms with E-state index >= 15 is 0 Å². The van der Waals surface area contributed by atoms with E-state index in [0.717, 1.165) is 0 Å². The number of nitrogens with one attached hydrogen (secondary N) is 2. The number of hydrazine groups is 1. The van der Waals surface area contributed by atoms with E-state index in [9.17, 15) is 18.0 Å². The van der Waals surface area contributed by atoms with Crippen LogP contribution >= 0.6 is 0 Å². The number of carbonyl (C=O) groups excluding carboxylic acids is 2. The van der Waals surface area contributed by atoms with Crippen molar-refractivity contribution in [3.63, 3.8) is 0 Å². The fourth-order valence-corrected chi connectivity index (χ4v) is 4.60. The zero-order valence-electron chi connectivity index (χ0n) is 16.6. The van der Waals surface area contributed by atoms with Crippen LogP contribution in [0.3, 0.4) is 0 Å². The second-order valence-electron chi connectivity index (χ2n) is 6.77. The number of benzene rings is 1. The fraction of sp³-hybridized carbons (Fsp3) is 0.350. The molecule has 0 unspecified atom stereocenters. The molecular formula is C20H24N4O5S. The van der Waals surface area contributed by atoms with Gasteiger partial charge in [-0.2, -0.15) is 4.31 Å². The van der Waals surface area contributed by atoms with Crippen LogP contribution in [-0.4, -0.2) is 49.2 Å². The van der Waals surface area contributed by atoms with E-state index in [1.54, 1.807) is 30.3 Å². The van der Waals surface area contributed by atoms with Gasteiger partial charge in [-0.3, -0.25) is 25.4 Å². The first-order valence-electron chi connectivity index (χ1n) is 9.65. The molecule has 0 radical (unpaired) electrons. The Labute approximate surface area is 175 Å². The van der Waals surface area contributed by atoms with Gasteiger partial charge in [0, 0.05) is 37.0 Å². The van der Waals surface area contributed by atoms with E-state index in [2.05, 4.69) is 15.8 Å². The van der Waals surface area contributed by atoms with Gasteiger partial charge in [-0.05, 0) is 56.2 Å². The average Bonchev–Trinajstić information content (AvgIpc) is 2.78. The summed E-state index contributed by atoms with van der Waals surface area (Å²) in [6.45, 7) is 2.85. The largest absolute Gasteiger partial charge is 0.494 e. The second kappa shape index (κ2) is 9.68. The highest BCUT2D eigenvalue weighted by Crippen LogP contribution is 2.23. The summed E-state index contributed by atoms with van der Waals surface area (Å²) in [5, 5.41) is 0. The van der Waals surface area contributed by atoms with E-state index in [1.807, 2.05) is 6.92 Å². The molecule has 1 saturated heterocycles. The smallest absolute Gasteiger partial charge is 0.269 e. The number of carbonyl (C=O) groups is 2. The summed E-state index contributed by atoms with van der Waals surface area (Å²) >= 11 is 0. The third kappa shape index (κ3) is 5.14. The van der Waals surface area contributed by atoms with Crippen molar-refractivity contribution in [3.05, 3.63) is 54.4 Å². The molecular weight excluding hydrogens is 408 g/mol. The Bertz CT molecular complexity index is 972. The van der Waals surface area contributed by atoms with Gasteiger partial charge in [-0.25, -0.2) is 8.42 Å². The summed E-state index contributed by atoms with van der Waals surface area (Å²) in [6, 6.07) is 9.64. The first-order valence-corrected chi connectivity index (χ1v) is 11.1. The molecule has 30 heavy (non-hydrogen) atoms. The predicted molar refractivity (Wildman–Crippen MR) is 109 cm³/mol. The van der Waals surface area contributed by atoms with E-state index in [0.29, 0.717) is 30.8 Å². The predicted octanol–water partition coefficient (Wildman–Crippen LogP) is 1.34. The van der Waals surface area contributed by atoms with Crippen LogP contribution in [0.5, 0.6) is 5.75 Å². The Balaban J connectivity index is 1.49. The molecule has 2 amide bonds. The molecule has 0 saturated carbocycles. The molecule has 0 aliphatic carbocycles. The van der Waals surface area contributed by atoms with Gasteiger partial charge in [0.05, 0.1) is 6.61 Å². The number of hydrogen-bond donors (Lipinski definition) is 2. The highest BCUT2D eigenvalue weighted by atomic mass is 32.2. The van der Waals surface area contributed by atoms with E-state index in [-0.39, 0.29) is 29.8 Å². The van der Waals surface area contributed by atoms with Gasteiger partial charge in [-0.1, -0.05) is 0 Å². The van der Waals surface area contributed by atoms with Crippen molar-refractivity contribution >= 4 is 21.8 Å². The third-order valence-corrected chi connectivity index (χ3v) is 6.71. The minimum absolute atomic E-state index is 0.135. The number of amides is 2. The average molecular weight is 433 g/mol. The van der Waals surface area contributed by atoms with Gasteiger partial charge in [0.2, 0.25) is 15.9 Å². The third-order valence-electron chi connectivity index (χ3n) is 4.82. The molecule has 2 N–H and O–H groups in total. The molecule has 0 spiro atoms. The van der Waals surface area contributed by atoms with E-state index < -0.39 is 15.9 Å². The van der Waals surface area contributed by atoms with Crippen LogP contribution in [-0.2, 0) is 14.8 Å². The number of rotatable bonds is 6. The number of hydrogen-bond acceptors (Lipinski definition) is 6. The molecule has 0 bridgehead atoms. The number of sulfonamides is 1. The summed E-state index contributed by atoms with van der Waals surface area (Å²) < 4.78 is 31.9. The molecule has 1 aliphatic heterocycles. The monoisotopic (exact) mass is 432 g/mol. The van der Waals surface area contributed by atoms with Crippen molar-refractivity contribution in [1.82, 2.24) is 20.1 Å². The molecule has 1 fully saturated rings.